The Morgan fingerprint density at radius 1 is 1.26 bits per heavy atom. The molecule has 23 heavy (non-hydrogen) atoms. The molecular weight excluding hydrogens is 313 g/mol. The smallest absolute Gasteiger partial charge is 0.471 e. The fraction of sp³-hybridized carbons (Fsp3) is 0.467. The summed E-state index contributed by atoms with van der Waals surface area (Å²) in [5.74, 6) is -1.58. The Hall–Kier alpha value is -2.25. The highest BCUT2D eigenvalue weighted by Crippen LogP contribution is 2.19. The van der Waals surface area contributed by atoms with Crippen LogP contribution in [0.15, 0.2) is 24.3 Å². The van der Waals surface area contributed by atoms with E-state index in [1.807, 2.05) is 5.32 Å². The third-order valence-corrected chi connectivity index (χ3v) is 3.69. The highest BCUT2D eigenvalue weighted by atomic mass is 19.4. The van der Waals surface area contributed by atoms with Crippen LogP contribution in [0.5, 0.6) is 5.75 Å². The van der Waals surface area contributed by atoms with E-state index in [1.165, 1.54) is 7.11 Å². The second-order valence-electron chi connectivity index (χ2n) is 5.27. The van der Waals surface area contributed by atoms with Crippen LogP contribution < -0.4 is 10.1 Å². The van der Waals surface area contributed by atoms with Crippen LogP contribution in [0.3, 0.4) is 0 Å². The minimum Gasteiger partial charge on any atom is -0.497 e. The first kappa shape index (κ1) is 17.1. The van der Waals surface area contributed by atoms with Crippen LogP contribution in [-0.2, 0) is 4.79 Å². The van der Waals surface area contributed by atoms with Gasteiger partial charge in [-0.1, -0.05) is 6.07 Å². The Morgan fingerprint density at radius 3 is 2.48 bits per heavy atom. The van der Waals surface area contributed by atoms with E-state index in [4.69, 9.17) is 4.74 Å². The van der Waals surface area contributed by atoms with Crippen LogP contribution in [-0.4, -0.2) is 49.1 Å². The van der Waals surface area contributed by atoms with Crippen molar-refractivity contribution in [2.75, 3.05) is 20.2 Å². The van der Waals surface area contributed by atoms with Crippen molar-refractivity contribution < 1.29 is 27.5 Å². The van der Waals surface area contributed by atoms with Gasteiger partial charge in [-0.05, 0) is 31.0 Å². The first-order chi connectivity index (χ1) is 10.8. The largest absolute Gasteiger partial charge is 0.497 e. The molecule has 1 N–H and O–H groups in total. The Labute approximate surface area is 131 Å². The number of nitrogens with zero attached hydrogens (tertiary/aromatic N) is 1. The monoisotopic (exact) mass is 330 g/mol. The van der Waals surface area contributed by atoms with Gasteiger partial charge in [0.05, 0.1) is 7.11 Å². The number of rotatable bonds is 3. The summed E-state index contributed by atoms with van der Waals surface area (Å²) in [6.07, 6.45) is -4.30. The zero-order chi connectivity index (χ0) is 17.0. The van der Waals surface area contributed by atoms with E-state index in [2.05, 4.69) is 0 Å². The first-order valence-corrected chi connectivity index (χ1v) is 7.12. The third-order valence-electron chi connectivity index (χ3n) is 3.69. The van der Waals surface area contributed by atoms with Crippen molar-refractivity contribution in [3.63, 3.8) is 0 Å². The van der Waals surface area contributed by atoms with E-state index in [1.54, 1.807) is 29.2 Å². The summed E-state index contributed by atoms with van der Waals surface area (Å²) in [5.41, 5.74) is 0.460. The maximum atomic E-state index is 12.4. The molecule has 0 saturated carbocycles. The van der Waals surface area contributed by atoms with E-state index in [-0.39, 0.29) is 18.7 Å². The topological polar surface area (TPSA) is 58.6 Å². The average Bonchev–Trinajstić information content (AvgIpc) is 2.54. The number of ether oxygens (including phenoxy) is 1. The summed E-state index contributed by atoms with van der Waals surface area (Å²) in [4.78, 5) is 24.8. The number of methoxy groups -OCH3 is 1. The fourth-order valence-corrected chi connectivity index (χ4v) is 2.43. The minimum absolute atomic E-state index is 0.204. The van der Waals surface area contributed by atoms with Gasteiger partial charge in [0, 0.05) is 24.7 Å². The van der Waals surface area contributed by atoms with Gasteiger partial charge >= 0.3 is 12.1 Å². The van der Waals surface area contributed by atoms with Gasteiger partial charge < -0.3 is 15.0 Å². The van der Waals surface area contributed by atoms with Gasteiger partial charge in [0.25, 0.3) is 5.91 Å². The number of halogens is 3. The third kappa shape index (κ3) is 4.37. The van der Waals surface area contributed by atoms with Crippen LogP contribution in [0.1, 0.15) is 23.2 Å². The van der Waals surface area contributed by atoms with E-state index >= 15 is 0 Å². The number of hydrogen-bond donors (Lipinski definition) is 1. The van der Waals surface area contributed by atoms with Crippen molar-refractivity contribution >= 4 is 11.8 Å². The van der Waals surface area contributed by atoms with Gasteiger partial charge in [0.2, 0.25) is 0 Å². The number of nitrogens with one attached hydrogen (secondary N) is 1. The number of likely N-dealkylation sites (tertiary alicyclic amines) is 1. The van der Waals surface area contributed by atoms with Gasteiger partial charge in [0.1, 0.15) is 5.75 Å². The normalized spacial score (nSPS) is 16.1. The van der Waals surface area contributed by atoms with E-state index in [0.29, 0.717) is 24.4 Å². The average molecular weight is 330 g/mol. The molecule has 1 aliphatic heterocycles. The van der Waals surface area contributed by atoms with Crippen LogP contribution in [0.25, 0.3) is 0 Å². The molecule has 0 aromatic heterocycles. The van der Waals surface area contributed by atoms with Gasteiger partial charge in [-0.2, -0.15) is 13.2 Å². The molecule has 126 valence electrons. The molecule has 1 aromatic carbocycles. The maximum absolute atomic E-state index is 12.4. The lowest BCUT2D eigenvalue weighted by atomic mass is 10.0. The SMILES string of the molecule is COc1cccc(C(=O)N2CCC(NC(=O)C(F)(F)F)CC2)c1. The molecule has 0 bridgehead atoms. The van der Waals surface area contributed by atoms with Gasteiger partial charge in [-0.25, -0.2) is 0 Å². The number of hydrogen-bond acceptors (Lipinski definition) is 3. The van der Waals surface area contributed by atoms with Crippen LogP contribution in [0.4, 0.5) is 13.2 Å². The summed E-state index contributed by atoms with van der Waals surface area (Å²) in [5, 5.41) is 1.95. The molecule has 0 spiro atoms. The molecule has 1 aliphatic rings. The van der Waals surface area contributed by atoms with Crippen molar-refractivity contribution in [2.24, 2.45) is 0 Å². The summed E-state index contributed by atoms with van der Waals surface area (Å²) in [6, 6.07) is 6.11. The molecule has 1 heterocycles. The standard InChI is InChI=1S/C15H17F3N2O3/c1-23-12-4-2-3-10(9-12)13(21)20-7-5-11(6-8-20)19-14(22)15(16,17)18/h2-4,9,11H,5-8H2,1H3,(H,19,22). The highest BCUT2D eigenvalue weighted by molar-refractivity contribution is 5.94. The number of alkyl halides is 3. The molecule has 0 aliphatic carbocycles. The lowest BCUT2D eigenvalue weighted by Crippen LogP contribution is -2.49. The van der Waals surface area contributed by atoms with Crippen molar-refractivity contribution in [3.05, 3.63) is 29.8 Å². The fourth-order valence-electron chi connectivity index (χ4n) is 2.43. The predicted molar refractivity (Wildman–Crippen MR) is 76.1 cm³/mol. The summed E-state index contributed by atoms with van der Waals surface area (Å²) in [6.45, 7) is 0.581. The number of piperidine rings is 1. The maximum Gasteiger partial charge on any atom is 0.471 e. The van der Waals surface area contributed by atoms with E-state index in [0.717, 1.165) is 0 Å². The van der Waals surface area contributed by atoms with Gasteiger partial charge in [-0.3, -0.25) is 9.59 Å². The Balaban J connectivity index is 1.91. The number of carbonyl (C=O) groups excluding carboxylic acids is 2. The zero-order valence-electron chi connectivity index (χ0n) is 12.5. The van der Waals surface area contributed by atoms with Crippen LogP contribution in [0, 0.1) is 0 Å². The molecule has 2 amide bonds. The molecule has 0 atom stereocenters. The molecule has 2 rings (SSSR count). The van der Waals surface area contributed by atoms with Crippen molar-refractivity contribution in [1.29, 1.82) is 0 Å². The quantitative estimate of drug-likeness (QED) is 0.922. The molecule has 0 unspecified atom stereocenters. The van der Waals surface area contributed by atoms with Crippen LogP contribution in [0.2, 0.25) is 0 Å². The number of carbonyl (C=O) groups is 2. The highest BCUT2D eigenvalue weighted by Gasteiger charge is 2.40. The summed E-state index contributed by atoms with van der Waals surface area (Å²) >= 11 is 0. The van der Waals surface area contributed by atoms with E-state index < -0.39 is 18.1 Å². The Bertz CT molecular complexity index is 582. The summed E-state index contributed by atoms with van der Waals surface area (Å²) in [7, 11) is 1.50. The van der Waals surface area contributed by atoms with Crippen LogP contribution >= 0.6 is 0 Å². The molecule has 1 fully saturated rings. The second kappa shape index (κ2) is 6.89. The predicted octanol–water partition coefficient (Wildman–Crippen LogP) is 1.98. The molecule has 0 radical (unpaired) electrons. The van der Waals surface area contributed by atoms with Gasteiger partial charge in [-0.15, -0.1) is 0 Å². The number of benzene rings is 1. The summed E-state index contributed by atoms with van der Waals surface area (Å²) < 4.78 is 41.7. The Kier molecular flexibility index (Phi) is 5.12. The molecule has 8 heteroatoms. The lowest BCUT2D eigenvalue weighted by Gasteiger charge is -2.32. The van der Waals surface area contributed by atoms with E-state index in [9.17, 15) is 22.8 Å². The molecule has 1 aromatic rings. The zero-order valence-corrected chi connectivity index (χ0v) is 12.5. The van der Waals surface area contributed by atoms with Crippen molar-refractivity contribution in [2.45, 2.75) is 25.1 Å². The first-order valence-electron chi connectivity index (χ1n) is 7.12. The van der Waals surface area contributed by atoms with Crippen molar-refractivity contribution in [3.8, 4) is 5.75 Å². The minimum atomic E-state index is -4.88. The molecule has 1 saturated heterocycles. The second-order valence-corrected chi connectivity index (χ2v) is 5.27. The van der Waals surface area contributed by atoms with Gasteiger partial charge in [0.15, 0.2) is 0 Å². The molecule has 5 nitrogen and oxygen atoms in total. The number of amides is 2. The lowest BCUT2D eigenvalue weighted by molar-refractivity contribution is -0.174. The van der Waals surface area contributed by atoms with Crippen molar-refractivity contribution in [1.82, 2.24) is 10.2 Å². The molecular formula is C15H17F3N2O3. The Morgan fingerprint density at radius 2 is 1.91 bits per heavy atom.